The van der Waals surface area contributed by atoms with Crippen molar-refractivity contribution in [3.63, 3.8) is 0 Å². The predicted molar refractivity (Wildman–Crippen MR) is 105 cm³/mol. The molecule has 2 amide bonds. The molecule has 0 spiro atoms. The zero-order valence-corrected chi connectivity index (χ0v) is 16.2. The van der Waals surface area contributed by atoms with Crippen LogP contribution in [0, 0.1) is 0 Å². The number of ether oxygens (including phenoxy) is 1. The molecular weight excluding hydrogens is 389 g/mol. The molecule has 27 heavy (non-hydrogen) atoms. The van der Waals surface area contributed by atoms with E-state index in [1.54, 1.807) is 30.6 Å². The minimum absolute atomic E-state index is 0.118. The summed E-state index contributed by atoms with van der Waals surface area (Å²) >= 11 is 11.8. The van der Waals surface area contributed by atoms with Gasteiger partial charge in [-0.15, -0.1) is 0 Å². The molecule has 0 unspecified atom stereocenters. The van der Waals surface area contributed by atoms with Crippen molar-refractivity contribution in [2.75, 3.05) is 13.2 Å². The van der Waals surface area contributed by atoms with Crippen molar-refractivity contribution in [2.45, 2.75) is 25.8 Å². The van der Waals surface area contributed by atoms with E-state index in [4.69, 9.17) is 27.9 Å². The topological polar surface area (TPSA) is 80.3 Å². The molecule has 0 bridgehead atoms. The summed E-state index contributed by atoms with van der Waals surface area (Å²) in [6.07, 6.45) is 4.43. The van der Waals surface area contributed by atoms with Crippen molar-refractivity contribution in [1.82, 2.24) is 15.6 Å². The van der Waals surface area contributed by atoms with Crippen LogP contribution in [0.3, 0.4) is 0 Å². The summed E-state index contributed by atoms with van der Waals surface area (Å²) in [6, 6.07) is 8.65. The largest absolute Gasteiger partial charge is 0.492 e. The highest BCUT2D eigenvalue weighted by molar-refractivity contribution is 6.35. The molecule has 0 aliphatic carbocycles. The van der Waals surface area contributed by atoms with E-state index in [1.807, 2.05) is 12.1 Å². The first-order valence-corrected chi connectivity index (χ1v) is 9.30. The molecule has 2 rings (SSSR count). The van der Waals surface area contributed by atoms with E-state index in [0.29, 0.717) is 48.3 Å². The maximum atomic E-state index is 11.8. The van der Waals surface area contributed by atoms with Crippen molar-refractivity contribution in [2.24, 2.45) is 0 Å². The number of nitrogens with zero attached hydrogens (tertiary/aromatic N) is 1. The molecule has 1 aromatic heterocycles. The average Bonchev–Trinajstić information content (AvgIpc) is 2.66. The molecule has 0 radical (unpaired) electrons. The molecule has 2 N–H and O–H groups in total. The van der Waals surface area contributed by atoms with Gasteiger partial charge in [0.05, 0.1) is 11.6 Å². The summed E-state index contributed by atoms with van der Waals surface area (Å²) in [5, 5.41) is 6.49. The van der Waals surface area contributed by atoms with E-state index < -0.39 is 0 Å². The lowest BCUT2D eigenvalue weighted by Crippen LogP contribution is -2.30. The molecule has 2 aromatic rings. The van der Waals surface area contributed by atoms with Gasteiger partial charge < -0.3 is 15.4 Å². The second-order valence-electron chi connectivity index (χ2n) is 5.76. The Balaban J connectivity index is 1.53. The monoisotopic (exact) mass is 409 g/mol. The Labute approximate surface area is 168 Å². The van der Waals surface area contributed by atoms with E-state index in [0.717, 1.165) is 5.56 Å². The molecule has 1 heterocycles. The quantitative estimate of drug-likeness (QED) is 0.589. The Hall–Kier alpha value is -2.31. The first kappa shape index (κ1) is 21.0. The zero-order valence-electron chi connectivity index (χ0n) is 14.7. The van der Waals surface area contributed by atoms with Crippen LogP contribution < -0.4 is 15.4 Å². The maximum Gasteiger partial charge on any atom is 0.222 e. The fourth-order valence-corrected chi connectivity index (χ4v) is 2.66. The zero-order chi connectivity index (χ0) is 19.5. The van der Waals surface area contributed by atoms with Crippen LogP contribution in [0.2, 0.25) is 10.0 Å². The number of nitrogens with one attached hydrogen (secondary N) is 2. The van der Waals surface area contributed by atoms with E-state index in [-0.39, 0.29) is 18.2 Å². The van der Waals surface area contributed by atoms with Gasteiger partial charge in [0.25, 0.3) is 0 Å². The maximum absolute atomic E-state index is 11.8. The highest BCUT2D eigenvalue weighted by Crippen LogP contribution is 2.27. The van der Waals surface area contributed by atoms with E-state index in [2.05, 4.69) is 15.6 Å². The van der Waals surface area contributed by atoms with Gasteiger partial charge in [-0.2, -0.15) is 0 Å². The lowest BCUT2D eigenvalue weighted by atomic mass is 10.2. The molecule has 0 aliphatic heterocycles. The van der Waals surface area contributed by atoms with Gasteiger partial charge in [0.1, 0.15) is 5.75 Å². The Kier molecular flexibility index (Phi) is 8.87. The Bertz CT molecular complexity index is 757. The van der Waals surface area contributed by atoms with Gasteiger partial charge in [-0.1, -0.05) is 23.2 Å². The minimum atomic E-state index is -0.122. The first-order valence-electron chi connectivity index (χ1n) is 8.55. The van der Waals surface area contributed by atoms with Gasteiger partial charge in [0.2, 0.25) is 11.8 Å². The Morgan fingerprint density at radius 1 is 1.00 bits per heavy atom. The van der Waals surface area contributed by atoms with Crippen molar-refractivity contribution in [1.29, 1.82) is 0 Å². The predicted octanol–water partition coefficient (Wildman–Crippen LogP) is 3.37. The van der Waals surface area contributed by atoms with Crippen LogP contribution in [0.5, 0.6) is 5.75 Å². The van der Waals surface area contributed by atoms with Crippen LogP contribution in [0.15, 0.2) is 42.7 Å². The molecule has 0 fully saturated rings. The molecule has 1 aromatic carbocycles. The van der Waals surface area contributed by atoms with Crippen LogP contribution in [-0.4, -0.2) is 29.9 Å². The molecule has 0 aliphatic rings. The van der Waals surface area contributed by atoms with Gasteiger partial charge in [-0.3, -0.25) is 14.6 Å². The molecular formula is C19H21Cl2N3O3. The van der Waals surface area contributed by atoms with Gasteiger partial charge >= 0.3 is 0 Å². The number of benzene rings is 1. The molecule has 0 atom stereocenters. The van der Waals surface area contributed by atoms with Crippen molar-refractivity contribution in [3.8, 4) is 5.75 Å². The first-order chi connectivity index (χ1) is 13.0. The van der Waals surface area contributed by atoms with Crippen molar-refractivity contribution in [3.05, 3.63) is 58.3 Å². The smallest absolute Gasteiger partial charge is 0.222 e. The number of amides is 2. The highest BCUT2D eigenvalue weighted by atomic mass is 35.5. The number of halogens is 2. The van der Waals surface area contributed by atoms with Crippen molar-refractivity contribution < 1.29 is 14.3 Å². The van der Waals surface area contributed by atoms with Gasteiger partial charge in [0, 0.05) is 43.3 Å². The van der Waals surface area contributed by atoms with Crippen LogP contribution >= 0.6 is 23.2 Å². The molecule has 0 saturated carbocycles. The third-order valence-electron chi connectivity index (χ3n) is 3.61. The van der Waals surface area contributed by atoms with Gasteiger partial charge in [-0.05, 0) is 42.3 Å². The van der Waals surface area contributed by atoms with Crippen LogP contribution in [0.4, 0.5) is 0 Å². The number of hydrogen-bond acceptors (Lipinski definition) is 4. The molecule has 144 valence electrons. The number of carbonyl (C=O) groups excluding carboxylic acids is 2. The fourth-order valence-electron chi connectivity index (χ4n) is 2.20. The normalized spacial score (nSPS) is 10.3. The number of carbonyl (C=O) groups is 2. The van der Waals surface area contributed by atoms with Crippen molar-refractivity contribution >= 4 is 35.0 Å². The number of aromatic nitrogens is 1. The number of pyridine rings is 1. The second-order valence-corrected chi connectivity index (χ2v) is 6.60. The summed E-state index contributed by atoms with van der Waals surface area (Å²) in [5.74, 6) is 0.294. The number of hydrogen-bond donors (Lipinski definition) is 2. The average molecular weight is 410 g/mol. The molecule has 8 heteroatoms. The standard InChI is InChI=1S/C19H21Cl2N3O3/c20-15-3-4-17(16(21)12-15)27-11-1-2-18(25)23-10-7-19(26)24-13-14-5-8-22-9-6-14/h3-6,8-9,12H,1-2,7,10-11,13H2,(H,23,25)(H,24,26). The third kappa shape index (κ3) is 8.28. The minimum Gasteiger partial charge on any atom is -0.492 e. The SMILES string of the molecule is O=C(CCCOc1ccc(Cl)cc1Cl)NCCC(=O)NCc1ccncc1. The van der Waals surface area contributed by atoms with Gasteiger partial charge in [-0.25, -0.2) is 0 Å². The van der Waals surface area contributed by atoms with Crippen LogP contribution in [0.25, 0.3) is 0 Å². The van der Waals surface area contributed by atoms with E-state index in [1.165, 1.54) is 0 Å². The van der Waals surface area contributed by atoms with Crippen LogP contribution in [0.1, 0.15) is 24.8 Å². The van der Waals surface area contributed by atoms with Crippen LogP contribution in [-0.2, 0) is 16.1 Å². The Morgan fingerprint density at radius 2 is 1.74 bits per heavy atom. The second kappa shape index (κ2) is 11.4. The summed E-state index contributed by atoms with van der Waals surface area (Å²) in [5.41, 5.74) is 0.975. The summed E-state index contributed by atoms with van der Waals surface area (Å²) in [6.45, 7) is 1.10. The summed E-state index contributed by atoms with van der Waals surface area (Å²) in [4.78, 5) is 27.4. The Morgan fingerprint density at radius 3 is 2.48 bits per heavy atom. The lowest BCUT2D eigenvalue weighted by molar-refractivity contribution is -0.122. The highest BCUT2D eigenvalue weighted by Gasteiger charge is 2.06. The molecule has 0 saturated heterocycles. The fraction of sp³-hybridized carbons (Fsp3) is 0.316. The summed E-state index contributed by atoms with van der Waals surface area (Å²) in [7, 11) is 0. The lowest BCUT2D eigenvalue weighted by Gasteiger charge is -2.09. The third-order valence-corrected chi connectivity index (χ3v) is 4.14. The molecule has 6 nitrogen and oxygen atoms in total. The van der Waals surface area contributed by atoms with E-state index >= 15 is 0 Å². The number of rotatable bonds is 10. The van der Waals surface area contributed by atoms with E-state index in [9.17, 15) is 9.59 Å². The van der Waals surface area contributed by atoms with Gasteiger partial charge in [0.15, 0.2) is 0 Å². The summed E-state index contributed by atoms with van der Waals surface area (Å²) < 4.78 is 5.52.